The minimum Gasteiger partial charge on any atom is -0.489 e. The fourth-order valence-electron chi connectivity index (χ4n) is 4.33. The summed E-state index contributed by atoms with van der Waals surface area (Å²) in [5.74, 6) is 1.29. The van der Waals surface area contributed by atoms with Crippen molar-refractivity contribution in [3.8, 4) is 5.75 Å². The topological polar surface area (TPSA) is 60.6 Å². The van der Waals surface area contributed by atoms with Gasteiger partial charge in [0.05, 0.1) is 13.0 Å². The van der Waals surface area contributed by atoms with E-state index in [1.54, 1.807) is 0 Å². The Balaban J connectivity index is 1.37. The van der Waals surface area contributed by atoms with Crippen LogP contribution in [0.25, 0.3) is 10.9 Å². The monoisotopic (exact) mass is 421 g/mol. The summed E-state index contributed by atoms with van der Waals surface area (Å²) in [6.07, 6.45) is 3.24. The molecule has 0 bridgehead atoms. The molecule has 164 valence electrons. The second-order valence-electron chi connectivity index (χ2n) is 8.21. The SMILES string of the molecule is CCOC(=O)CCc1cc2cc(OCc3ccc(C4CCOCC4)c(C)c3)ccc2[nH]1. The zero-order chi connectivity index (χ0) is 21.6. The van der Waals surface area contributed by atoms with Crippen LogP contribution in [0, 0.1) is 6.92 Å². The molecule has 5 heteroatoms. The molecule has 0 amide bonds. The van der Waals surface area contributed by atoms with E-state index in [4.69, 9.17) is 14.2 Å². The third kappa shape index (κ3) is 5.47. The molecule has 3 aromatic rings. The van der Waals surface area contributed by atoms with Crippen LogP contribution < -0.4 is 4.74 Å². The Morgan fingerprint density at radius 1 is 1.13 bits per heavy atom. The summed E-state index contributed by atoms with van der Waals surface area (Å²) in [5, 5.41) is 1.09. The molecule has 0 spiro atoms. The zero-order valence-electron chi connectivity index (χ0n) is 18.4. The van der Waals surface area contributed by atoms with Crippen LogP contribution in [0.1, 0.15) is 54.5 Å². The Morgan fingerprint density at radius 3 is 2.74 bits per heavy atom. The molecule has 1 N–H and O–H groups in total. The van der Waals surface area contributed by atoms with Crippen LogP contribution >= 0.6 is 0 Å². The quantitative estimate of drug-likeness (QED) is 0.492. The van der Waals surface area contributed by atoms with Gasteiger partial charge in [0.1, 0.15) is 12.4 Å². The Morgan fingerprint density at radius 2 is 1.97 bits per heavy atom. The number of carbonyl (C=O) groups excluding carboxylic acids is 1. The predicted molar refractivity (Wildman–Crippen MR) is 122 cm³/mol. The van der Waals surface area contributed by atoms with Crippen LogP contribution in [0.15, 0.2) is 42.5 Å². The van der Waals surface area contributed by atoms with Gasteiger partial charge in [0.15, 0.2) is 0 Å². The first-order valence-corrected chi connectivity index (χ1v) is 11.2. The summed E-state index contributed by atoms with van der Waals surface area (Å²) in [6, 6.07) is 14.8. The largest absolute Gasteiger partial charge is 0.489 e. The van der Waals surface area contributed by atoms with E-state index in [2.05, 4.69) is 36.2 Å². The van der Waals surface area contributed by atoms with Crippen molar-refractivity contribution < 1.29 is 19.0 Å². The molecule has 1 aromatic heterocycles. The number of H-pyrrole nitrogens is 1. The number of esters is 1. The molecule has 1 aliphatic heterocycles. The summed E-state index contributed by atoms with van der Waals surface area (Å²) in [4.78, 5) is 14.9. The maximum Gasteiger partial charge on any atom is 0.306 e. The molecule has 5 nitrogen and oxygen atoms in total. The van der Waals surface area contributed by atoms with Crippen LogP contribution in [-0.4, -0.2) is 30.8 Å². The van der Waals surface area contributed by atoms with E-state index in [1.165, 1.54) is 16.7 Å². The first-order valence-electron chi connectivity index (χ1n) is 11.2. The number of fused-ring (bicyclic) bond motifs is 1. The van der Waals surface area contributed by atoms with E-state index in [0.29, 0.717) is 32.0 Å². The maximum absolute atomic E-state index is 11.6. The average molecular weight is 422 g/mol. The highest BCUT2D eigenvalue weighted by Gasteiger charge is 2.17. The van der Waals surface area contributed by atoms with Gasteiger partial charge >= 0.3 is 5.97 Å². The molecule has 0 saturated carbocycles. The molecule has 0 atom stereocenters. The van der Waals surface area contributed by atoms with Crippen molar-refractivity contribution in [3.63, 3.8) is 0 Å². The lowest BCUT2D eigenvalue weighted by atomic mass is 9.88. The Labute approximate surface area is 183 Å². The van der Waals surface area contributed by atoms with E-state index in [1.807, 2.05) is 25.1 Å². The number of hydrogen-bond donors (Lipinski definition) is 1. The molecule has 0 radical (unpaired) electrons. The van der Waals surface area contributed by atoms with Gasteiger partial charge in [-0.1, -0.05) is 18.2 Å². The van der Waals surface area contributed by atoms with E-state index < -0.39 is 0 Å². The lowest BCUT2D eigenvalue weighted by Gasteiger charge is -2.24. The van der Waals surface area contributed by atoms with Crippen molar-refractivity contribution >= 4 is 16.9 Å². The van der Waals surface area contributed by atoms with Gasteiger partial charge in [-0.3, -0.25) is 4.79 Å². The van der Waals surface area contributed by atoms with Crippen LogP contribution in [0.5, 0.6) is 5.75 Å². The third-order valence-electron chi connectivity index (χ3n) is 5.95. The van der Waals surface area contributed by atoms with Crippen molar-refractivity contribution in [1.82, 2.24) is 4.98 Å². The molecule has 1 aliphatic rings. The Kier molecular flexibility index (Phi) is 6.92. The van der Waals surface area contributed by atoms with E-state index in [-0.39, 0.29) is 5.97 Å². The third-order valence-corrected chi connectivity index (χ3v) is 5.95. The van der Waals surface area contributed by atoms with E-state index in [0.717, 1.165) is 48.4 Å². The van der Waals surface area contributed by atoms with Crippen LogP contribution in [0.2, 0.25) is 0 Å². The average Bonchev–Trinajstić information content (AvgIpc) is 3.19. The number of ether oxygens (including phenoxy) is 3. The van der Waals surface area contributed by atoms with E-state index >= 15 is 0 Å². The second-order valence-corrected chi connectivity index (χ2v) is 8.21. The van der Waals surface area contributed by atoms with Gasteiger partial charge in [-0.25, -0.2) is 0 Å². The summed E-state index contributed by atoms with van der Waals surface area (Å²) < 4.78 is 16.6. The van der Waals surface area contributed by atoms with Gasteiger partial charge in [-0.15, -0.1) is 0 Å². The van der Waals surface area contributed by atoms with Gasteiger partial charge in [0.25, 0.3) is 0 Å². The first kappa shape index (κ1) is 21.4. The number of aryl methyl sites for hydroxylation is 2. The summed E-state index contributed by atoms with van der Waals surface area (Å²) in [6.45, 7) is 6.70. The van der Waals surface area contributed by atoms with Gasteiger partial charge in [-0.2, -0.15) is 0 Å². The van der Waals surface area contributed by atoms with Crippen LogP contribution in [0.4, 0.5) is 0 Å². The van der Waals surface area contributed by atoms with Gasteiger partial charge in [-0.05, 0) is 80.0 Å². The number of carbonyl (C=O) groups is 1. The number of benzene rings is 2. The number of nitrogens with one attached hydrogen (secondary N) is 1. The predicted octanol–water partition coefficient (Wildman–Crippen LogP) is 5.45. The van der Waals surface area contributed by atoms with E-state index in [9.17, 15) is 4.79 Å². The van der Waals surface area contributed by atoms with Crippen molar-refractivity contribution in [2.45, 2.75) is 52.1 Å². The highest BCUT2D eigenvalue weighted by atomic mass is 16.5. The minimum absolute atomic E-state index is 0.164. The van der Waals surface area contributed by atoms with Gasteiger partial charge in [0.2, 0.25) is 0 Å². The maximum atomic E-state index is 11.6. The van der Waals surface area contributed by atoms with Crippen molar-refractivity contribution in [2.24, 2.45) is 0 Å². The van der Waals surface area contributed by atoms with Crippen LogP contribution in [-0.2, 0) is 27.3 Å². The van der Waals surface area contributed by atoms with Crippen molar-refractivity contribution in [2.75, 3.05) is 19.8 Å². The fraction of sp³-hybridized carbons (Fsp3) is 0.423. The molecule has 0 unspecified atom stereocenters. The molecule has 4 rings (SSSR count). The summed E-state index contributed by atoms with van der Waals surface area (Å²) >= 11 is 0. The molecular formula is C26H31NO4. The lowest BCUT2D eigenvalue weighted by molar-refractivity contribution is -0.143. The number of hydrogen-bond acceptors (Lipinski definition) is 4. The van der Waals surface area contributed by atoms with Crippen LogP contribution in [0.3, 0.4) is 0 Å². The molecule has 0 aliphatic carbocycles. The summed E-state index contributed by atoms with van der Waals surface area (Å²) in [5.41, 5.74) is 6.02. The molecule has 31 heavy (non-hydrogen) atoms. The molecule has 1 saturated heterocycles. The Bertz CT molecular complexity index is 1030. The number of aromatic nitrogens is 1. The van der Waals surface area contributed by atoms with Gasteiger partial charge < -0.3 is 19.2 Å². The highest BCUT2D eigenvalue weighted by Crippen LogP contribution is 2.30. The zero-order valence-corrected chi connectivity index (χ0v) is 18.4. The normalized spacial score (nSPS) is 14.6. The smallest absolute Gasteiger partial charge is 0.306 e. The second kappa shape index (κ2) is 10.0. The molecule has 2 aromatic carbocycles. The highest BCUT2D eigenvalue weighted by molar-refractivity contribution is 5.82. The standard InChI is InChI=1S/C26H31NO4/c1-3-30-26(28)9-5-22-15-21-16-23(6-8-25(21)27-22)31-17-19-4-7-24(18(2)14-19)20-10-12-29-13-11-20/h4,6-8,14-16,20,27H,3,5,9-13,17H2,1-2H3. The minimum atomic E-state index is -0.164. The van der Waals surface area contributed by atoms with Crippen molar-refractivity contribution in [3.05, 3.63) is 64.8 Å². The molecule has 1 fully saturated rings. The van der Waals surface area contributed by atoms with Gasteiger partial charge in [0, 0.05) is 29.8 Å². The van der Waals surface area contributed by atoms with Crippen molar-refractivity contribution in [1.29, 1.82) is 0 Å². The Hall–Kier alpha value is -2.79. The molecule has 2 heterocycles. The lowest BCUT2D eigenvalue weighted by Crippen LogP contribution is -2.15. The molecular weight excluding hydrogens is 390 g/mol. The summed E-state index contributed by atoms with van der Waals surface area (Å²) in [7, 11) is 0. The fourth-order valence-corrected chi connectivity index (χ4v) is 4.33. The number of aromatic amines is 1. The number of rotatable bonds is 8. The first-order chi connectivity index (χ1) is 15.1.